The lowest BCUT2D eigenvalue weighted by molar-refractivity contribution is 2.21. The number of hydrogen-bond acceptors (Lipinski definition) is 0. The van der Waals surface area contributed by atoms with Gasteiger partial charge in [0.05, 0.1) is 0 Å². The first-order valence-electron chi connectivity index (χ1n) is 2.28. The van der Waals surface area contributed by atoms with E-state index in [9.17, 15) is 0 Å². The van der Waals surface area contributed by atoms with Gasteiger partial charge in [0.2, 0.25) is 7.38 Å². The van der Waals surface area contributed by atoms with E-state index in [2.05, 4.69) is 19.7 Å². The van der Waals surface area contributed by atoms with Gasteiger partial charge in [-0.1, -0.05) is 17.1 Å². The molecule has 0 aliphatic heterocycles. The van der Waals surface area contributed by atoms with Gasteiger partial charge in [0.25, 0.3) is 0 Å². The van der Waals surface area contributed by atoms with Crippen LogP contribution in [0.3, 0.4) is 0 Å². The Morgan fingerprint density at radius 3 is 1.25 bits per heavy atom. The molecule has 0 N–H and O–H groups in total. The van der Waals surface area contributed by atoms with E-state index in [0.29, 0.717) is 0 Å². The Labute approximate surface area is 55.9 Å². The van der Waals surface area contributed by atoms with Crippen molar-refractivity contribution in [3.05, 3.63) is 36.8 Å². The molecule has 0 fully saturated rings. The van der Waals surface area contributed by atoms with Crippen molar-refractivity contribution in [3.63, 3.8) is 0 Å². The van der Waals surface area contributed by atoms with Crippen LogP contribution in [0.15, 0.2) is 36.8 Å². The van der Waals surface area contributed by atoms with Gasteiger partial charge in [-0.15, -0.1) is 19.7 Å². The predicted molar refractivity (Wildman–Crippen MR) is 42.2 cm³/mol. The quantitative estimate of drug-likeness (QED) is 0.422. The maximum atomic E-state index is 5.88. The summed E-state index contributed by atoms with van der Waals surface area (Å²) in [6.45, 7) is 10.7. The van der Waals surface area contributed by atoms with Crippen LogP contribution < -0.4 is 0 Å². The fourth-order valence-corrected chi connectivity index (χ4v) is 0.750. The van der Waals surface area contributed by atoms with E-state index in [0.717, 1.165) is 0 Å². The average Bonchev–Trinajstić information content (AvgIpc) is 1.87. The maximum Gasteiger partial charge on any atom is 0.224 e. The normalized spacial score (nSPS) is 10.1. The van der Waals surface area contributed by atoms with Crippen LogP contribution in [-0.4, -0.2) is 7.38 Å². The van der Waals surface area contributed by atoms with Crippen molar-refractivity contribution in [1.82, 2.24) is 0 Å². The minimum Gasteiger partial charge on any atom is -0.151 e. The molecular weight excluding hydrogens is 136 g/mol. The molecule has 0 spiro atoms. The molecule has 0 aliphatic carbocycles. The second kappa shape index (κ2) is 2.90. The van der Waals surface area contributed by atoms with Gasteiger partial charge in [0.1, 0.15) is 0 Å². The largest absolute Gasteiger partial charge is 0.224 e. The lowest BCUT2D eigenvalue weighted by atomic mass is 11.2. The third-order valence-corrected chi connectivity index (χ3v) is 4.20. The highest BCUT2D eigenvalue weighted by Crippen LogP contribution is 2.11. The predicted octanol–water partition coefficient (Wildman–Crippen LogP) is 2.35. The Balaban J connectivity index is 4.18. The van der Waals surface area contributed by atoms with Crippen LogP contribution in [0.1, 0.15) is 0 Å². The summed E-state index contributed by atoms with van der Waals surface area (Å²) < 4.78 is 0. The van der Waals surface area contributed by atoms with Gasteiger partial charge < -0.3 is 0 Å². The molecule has 0 heterocycles. The fourth-order valence-electron chi connectivity index (χ4n) is 0.250. The van der Waals surface area contributed by atoms with Crippen LogP contribution in [0.5, 0.6) is 0 Å². The molecule has 8 heavy (non-hydrogen) atoms. The Kier molecular flexibility index (Phi) is 2.80. The van der Waals surface area contributed by atoms with Crippen LogP contribution in [0.25, 0.3) is 0 Å². The number of rotatable bonds is 3. The van der Waals surface area contributed by atoms with E-state index in [1.807, 2.05) is 0 Å². The molecule has 44 valence electrons. The molecule has 2 heteroatoms. The molecule has 0 rings (SSSR count). The average molecular weight is 145 g/mol. The molecule has 0 aliphatic rings. The molecular formula is C6H9ClSi. The van der Waals surface area contributed by atoms with Crippen molar-refractivity contribution in [2.45, 2.75) is 0 Å². The number of halogens is 1. The summed E-state index contributed by atoms with van der Waals surface area (Å²) in [5.41, 5.74) is 5.15. The van der Waals surface area contributed by atoms with Crippen LogP contribution in [0, 0.1) is 0 Å². The van der Waals surface area contributed by atoms with Crippen molar-refractivity contribution in [3.8, 4) is 0 Å². The van der Waals surface area contributed by atoms with Crippen molar-refractivity contribution in [1.29, 1.82) is 0 Å². The van der Waals surface area contributed by atoms with Crippen LogP contribution >= 0.6 is 11.1 Å². The molecule has 0 aromatic heterocycles. The molecule has 0 saturated carbocycles. The SMILES string of the molecule is C=C[Si](Cl)(C=C)C=C. The van der Waals surface area contributed by atoms with Gasteiger partial charge in [-0.05, 0) is 0 Å². The van der Waals surface area contributed by atoms with E-state index in [1.54, 1.807) is 17.1 Å². The smallest absolute Gasteiger partial charge is 0.151 e. The summed E-state index contributed by atoms with van der Waals surface area (Å²) in [6, 6.07) is 0. The highest BCUT2D eigenvalue weighted by atomic mass is 35.6. The Hall–Kier alpha value is -0.273. The van der Waals surface area contributed by atoms with Crippen molar-refractivity contribution >= 4 is 18.5 Å². The van der Waals surface area contributed by atoms with Crippen LogP contribution in [0.4, 0.5) is 0 Å². The van der Waals surface area contributed by atoms with Crippen LogP contribution in [-0.2, 0) is 0 Å². The standard InChI is InChI=1S/C6H9ClSi/c1-4-8(7,5-2)6-3/h4-6H,1-3H2. The van der Waals surface area contributed by atoms with Gasteiger partial charge in [0, 0.05) is 0 Å². The van der Waals surface area contributed by atoms with Gasteiger partial charge in [-0.2, -0.15) is 11.1 Å². The first-order chi connectivity index (χ1) is 3.68. The zero-order valence-corrected chi connectivity index (χ0v) is 6.49. The summed E-state index contributed by atoms with van der Waals surface area (Å²) >= 11 is 5.88. The van der Waals surface area contributed by atoms with E-state index < -0.39 is 7.38 Å². The van der Waals surface area contributed by atoms with Crippen molar-refractivity contribution in [2.24, 2.45) is 0 Å². The zero-order valence-electron chi connectivity index (χ0n) is 4.73. The molecule has 0 radical (unpaired) electrons. The maximum absolute atomic E-state index is 5.88. The van der Waals surface area contributed by atoms with Gasteiger partial charge in [0.15, 0.2) is 0 Å². The third-order valence-electron chi connectivity index (χ3n) is 0.939. The third kappa shape index (κ3) is 1.68. The molecule has 0 aromatic carbocycles. The molecule has 0 saturated heterocycles. The Morgan fingerprint density at radius 2 is 1.25 bits per heavy atom. The highest BCUT2D eigenvalue weighted by molar-refractivity contribution is 7.28. The molecule has 0 unspecified atom stereocenters. The molecule has 0 bridgehead atoms. The summed E-state index contributed by atoms with van der Waals surface area (Å²) in [5, 5.41) is 0. The van der Waals surface area contributed by atoms with E-state index in [-0.39, 0.29) is 0 Å². The summed E-state index contributed by atoms with van der Waals surface area (Å²) in [5.74, 6) is 0. The van der Waals surface area contributed by atoms with E-state index in [1.165, 1.54) is 0 Å². The zero-order chi connectivity index (χ0) is 6.62. The Morgan fingerprint density at radius 1 is 1.00 bits per heavy atom. The minimum atomic E-state index is -1.91. The summed E-state index contributed by atoms with van der Waals surface area (Å²) in [6.07, 6.45) is 0. The first-order valence-corrected chi connectivity index (χ1v) is 5.52. The van der Waals surface area contributed by atoms with Crippen molar-refractivity contribution in [2.75, 3.05) is 0 Å². The highest BCUT2D eigenvalue weighted by Gasteiger charge is 2.15. The second-order valence-corrected chi connectivity index (χ2v) is 6.28. The van der Waals surface area contributed by atoms with Crippen LogP contribution in [0.2, 0.25) is 0 Å². The van der Waals surface area contributed by atoms with E-state index in [4.69, 9.17) is 11.1 Å². The lowest BCUT2D eigenvalue weighted by Crippen LogP contribution is -2.16. The van der Waals surface area contributed by atoms with E-state index >= 15 is 0 Å². The summed E-state index contributed by atoms with van der Waals surface area (Å²) in [4.78, 5) is 0. The molecule has 0 aromatic rings. The minimum absolute atomic E-state index is 1.72. The van der Waals surface area contributed by atoms with Gasteiger partial charge in [-0.25, -0.2) is 0 Å². The van der Waals surface area contributed by atoms with Crippen molar-refractivity contribution < 1.29 is 0 Å². The monoisotopic (exact) mass is 144 g/mol. The van der Waals surface area contributed by atoms with Gasteiger partial charge in [-0.3, -0.25) is 0 Å². The number of hydrogen-bond donors (Lipinski definition) is 0. The Bertz CT molecular complexity index is 95.9. The topological polar surface area (TPSA) is 0 Å². The molecule has 0 nitrogen and oxygen atoms in total. The van der Waals surface area contributed by atoms with Gasteiger partial charge >= 0.3 is 0 Å². The fraction of sp³-hybridized carbons (Fsp3) is 0. The lowest BCUT2D eigenvalue weighted by Gasteiger charge is -2.05. The summed E-state index contributed by atoms with van der Waals surface area (Å²) in [7, 11) is -1.91. The molecule has 0 amide bonds. The second-order valence-electron chi connectivity index (χ2n) is 1.44. The first kappa shape index (κ1) is 7.73. The molecule has 0 atom stereocenters.